The van der Waals surface area contributed by atoms with E-state index in [9.17, 15) is 5.11 Å². The van der Waals surface area contributed by atoms with Gasteiger partial charge in [0.25, 0.3) is 0 Å². The number of aliphatic hydroxyl groups is 1. The number of hydrogen-bond donors (Lipinski definition) is 1. The molecule has 0 radical (unpaired) electrons. The average Bonchev–Trinajstić information content (AvgIpc) is 2.14. The van der Waals surface area contributed by atoms with Crippen LogP contribution in [0.1, 0.15) is 73.6 Å². The van der Waals surface area contributed by atoms with Crippen molar-refractivity contribution in [2.24, 2.45) is 0 Å². The van der Waals surface area contributed by atoms with Crippen LogP contribution in [0, 0.1) is 0 Å². The predicted octanol–water partition coefficient (Wildman–Crippen LogP) is 3.84. The lowest BCUT2D eigenvalue weighted by molar-refractivity contribution is -0.404. The molecule has 0 spiro atoms. The van der Waals surface area contributed by atoms with Crippen LogP contribution in [0.2, 0.25) is 0 Å². The molecule has 0 aromatic heterocycles. The van der Waals surface area contributed by atoms with Crippen LogP contribution >= 0.6 is 0 Å². The minimum absolute atomic E-state index is 0.259. The largest absolute Gasteiger partial charge is 0.393 e. The van der Waals surface area contributed by atoms with Gasteiger partial charge in [0.1, 0.15) is 5.60 Å². The monoisotopic (exact) mass is 246 g/mol. The molecule has 0 aromatic carbocycles. The molecule has 3 nitrogen and oxygen atoms in total. The second-order valence-electron chi connectivity index (χ2n) is 6.20. The van der Waals surface area contributed by atoms with Crippen molar-refractivity contribution in [1.82, 2.24) is 0 Å². The molecule has 0 rings (SSSR count). The molecule has 17 heavy (non-hydrogen) atoms. The third-order valence-corrected chi connectivity index (χ3v) is 2.66. The lowest BCUT2D eigenvalue weighted by Crippen LogP contribution is -2.34. The molecule has 0 aliphatic heterocycles. The number of aliphatic hydroxyl groups excluding tert-OH is 1. The van der Waals surface area contributed by atoms with Gasteiger partial charge in [0.05, 0.1) is 11.7 Å². The van der Waals surface area contributed by atoms with E-state index in [1.165, 1.54) is 12.8 Å². The fourth-order valence-corrected chi connectivity index (χ4v) is 1.81. The predicted molar refractivity (Wildman–Crippen MR) is 70.8 cm³/mol. The molecule has 0 heterocycles. The van der Waals surface area contributed by atoms with Gasteiger partial charge in [-0.05, 0) is 41.0 Å². The second-order valence-corrected chi connectivity index (χ2v) is 6.20. The van der Waals surface area contributed by atoms with Gasteiger partial charge in [-0.1, -0.05) is 26.2 Å². The van der Waals surface area contributed by atoms with Gasteiger partial charge < -0.3 is 5.11 Å². The molecule has 0 aliphatic carbocycles. The molecule has 3 heteroatoms. The van der Waals surface area contributed by atoms with Crippen molar-refractivity contribution in [2.75, 3.05) is 0 Å². The summed E-state index contributed by atoms with van der Waals surface area (Å²) in [5.74, 6) is 0. The maximum Gasteiger partial charge on any atom is 0.100 e. The van der Waals surface area contributed by atoms with Gasteiger partial charge in [0.2, 0.25) is 0 Å². The highest BCUT2D eigenvalue weighted by atomic mass is 17.2. The molecule has 0 bridgehead atoms. The molecule has 0 aliphatic rings. The van der Waals surface area contributed by atoms with E-state index >= 15 is 0 Å². The first kappa shape index (κ1) is 16.9. The second kappa shape index (κ2) is 7.34. The van der Waals surface area contributed by atoms with Gasteiger partial charge in [-0.3, -0.25) is 0 Å². The first-order valence-corrected chi connectivity index (χ1v) is 6.73. The van der Waals surface area contributed by atoms with E-state index in [1.807, 2.05) is 27.7 Å². The van der Waals surface area contributed by atoms with Crippen LogP contribution in [0.5, 0.6) is 0 Å². The van der Waals surface area contributed by atoms with Crippen molar-refractivity contribution in [3.05, 3.63) is 0 Å². The summed E-state index contributed by atoms with van der Waals surface area (Å²) in [6.07, 6.45) is 4.78. The van der Waals surface area contributed by atoms with E-state index in [2.05, 4.69) is 6.92 Å². The normalized spacial score (nSPS) is 15.0. The van der Waals surface area contributed by atoms with Gasteiger partial charge in [-0.25, -0.2) is 9.78 Å². The zero-order valence-corrected chi connectivity index (χ0v) is 12.4. The Morgan fingerprint density at radius 2 is 1.53 bits per heavy atom. The molecule has 1 N–H and O–H groups in total. The summed E-state index contributed by atoms with van der Waals surface area (Å²) in [5.41, 5.74) is -0.707. The molecule has 0 saturated carbocycles. The van der Waals surface area contributed by atoms with E-state index in [-0.39, 0.29) is 11.7 Å². The summed E-state index contributed by atoms with van der Waals surface area (Å²) in [6.45, 7) is 11.9. The Bertz CT molecular complexity index is 198. The molecule has 0 aromatic rings. The van der Waals surface area contributed by atoms with Gasteiger partial charge in [-0.15, -0.1) is 0 Å². The third kappa shape index (κ3) is 9.57. The Morgan fingerprint density at radius 1 is 1.00 bits per heavy atom. The van der Waals surface area contributed by atoms with Gasteiger partial charge >= 0.3 is 0 Å². The van der Waals surface area contributed by atoms with E-state index in [0.717, 1.165) is 12.8 Å². The lowest BCUT2D eigenvalue weighted by Gasteiger charge is -2.31. The minimum atomic E-state index is -0.448. The summed E-state index contributed by atoms with van der Waals surface area (Å²) in [5, 5.41) is 9.36. The molecule has 104 valence electrons. The maximum atomic E-state index is 9.36. The maximum absolute atomic E-state index is 9.36. The van der Waals surface area contributed by atoms with Gasteiger partial charge in [-0.2, -0.15) is 0 Å². The fourth-order valence-electron chi connectivity index (χ4n) is 1.81. The Balaban J connectivity index is 3.98. The highest BCUT2D eigenvalue weighted by molar-refractivity contribution is 4.71. The van der Waals surface area contributed by atoms with E-state index in [1.54, 1.807) is 6.92 Å². The zero-order chi connectivity index (χ0) is 13.5. The standard InChI is InChI=1S/C14H30O3/c1-7-8-9-10-13(3,4)16-17-14(5,6)11-12(2)15/h12,15H,7-11H2,1-6H3. The molecular weight excluding hydrogens is 216 g/mol. The van der Waals surface area contributed by atoms with E-state index < -0.39 is 5.60 Å². The van der Waals surface area contributed by atoms with E-state index in [0.29, 0.717) is 6.42 Å². The Kier molecular flexibility index (Phi) is 7.29. The summed E-state index contributed by atoms with van der Waals surface area (Å²) in [6, 6.07) is 0. The number of hydrogen-bond acceptors (Lipinski definition) is 3. The number of rotatable bonds is 9. The van der Waals surface area contributed by atoms with Crippen LogP contribution in [0.3, 0.4) is 0 Å². The smallest absolute Gasteiger partial charge is 0.100 e. The summed E-state index contributed by atoms with van der Waals surface area (Å²) in [4.78, 5) is 11.0. The van der Waals surface area contributed by atoms with Crippen LogP contribution < -0.4 is 0 Å². The fraction of sp³-hybridized carbons (Fsp3) is 1.00. The van der Waals surface area contributed by atoms with Gasteiger partial charge in [0.15, 0.2) is 0 Å². The first-order chi connectivity index (χ1) is 7.68. The van der Waals surface area contributed by atoms with E-state index in [4.69, 9.17) is 9.78 Å². The lowest BCUT2D eigenvalue weighted by atomic mass is 10.0. The van der Waals surface area contributed by atoms with Gasteiger partial charge in [0, 0.05) is 6.42 Å². The van der Waals surface area contributed by atoms with Crippen molar-refractivity contribution in [1.29, 1.82) is 0 Å². The van der Waals surface area contributed by atoms with Crippen molar-refractivity contribution in [3.63, 3.8) is 0 Å². The van der Waals surface area contributed by atoms with Crippen LogP contribution in [0.25, 0.3) is 0 Å². The van der Waals surface area contributed by atoms with Crippen molar-refractivity contribution >= 4 is 0 Å². The van der Waals surface area contributed by atoms with Crippen molar-refractivity contribution in [2.45, 2.75) is 91.0 Å². The quantitative estimate of drug-likeness (QED) is 0.381. The number of unbranched alkanes of at least 4 members (excludes halogenated alkanes) is 2. The first-order valence-electron chi connectivity index (χ1n) is 6.73. The van der Waals surface area contributed by atoms with Crippen LogP contribution in [-0.2, 0) is 9.78 Å². The SMILES string of the molecule is CCCCCC(C)(C)OOC(C)(C)CC(C)O. The van der Waals surface area contributed by atoms with Crippen molar-refractivity contribution < 1.29 is 14.9 Å². The summed E-state index contributed by atoms with van der Waals surface area (Å²) in [7, 11) is 0. The molecule has 1 atom stereocenters. The summed E-state index contributed by atoms with van der Waals surface area (Å²) < 4.78 is 0. The highest BCUT2D eigenvalue weighted by Crippen LogP contribution is 2.24. The molecule has 0 fully saturated rings. The highest BCUT2D eigenvalue weighted by Gasteiger charge is 2.27. The topological polar surface area (TPSA) is 38.7 Å². The Morgan fingerprint density at radius 3 is 2.00 bits per heavy atom. The van der Waals surface area contributed by atoms with Crippen LogP contribution in [-0.4, -0.2) is 22.4 Å². The van der Waals surface area contributed by atoms with Crippen LogP contribution in [0.4, 0.5) is 0 Å². The van der Waals surface area contributed by atoms with Crippen molar-refractivity contribution in [3.8, 4) is 0 Å². The molecule has 0 saturated heterocycles. The average molecular weight is 246 g/mol. The van der Waals surface area contributed by atoms with Crippen LogP contribution in [0.15, 0.2) is 0 Å². The Labute approximate surface area is 106 Å². The zero-order valence-electron chi connectivity index (χ0n) is 12.4. The third-order valence-electron chi connectivity index (χ3n) is 2.66. The molecule has 0 amide bonds. The summed E-state index contributed by atoms with van der Waals surface area (Å²) >= 11 is 0. The molecule has 1 unspecified atom stereocenters. The minimum Gasteiger partial charge on any atom is -0.393 e. The Hall–Kier alpha value is -0.120. The molecular formula is C14H30O3.